The average molecular weight is 368 g/mol. The third kappa shape index (κ3) is 4.95. The first-order chi connectivity index (χ1) is 13.0. The molecule has 1 aromatic heterocycles. The highest BCUT2D eigenvalue weighted by Crippen LogP contribution is 2.12. The molecule has 0 unspecified atom stereocenters. The summed E-state index contributed by atoms with van der Waals surface area (Å²) < 4.78 is 7.01. The van der Waals surface area contributed by atoms with Crippen LogP contribution < -0.4 is 11.2 Å². The second-order valence-corrected chi connectivity index (χ2v) is 6.00. The number of hydrogen-bond acceptors (Lipinski definition) is 4. The van der Waals surface area contributed by atoms with Gasteiger partial charge < -0.3 is 9.94 Å². The molecule has 1 aromatic carbocycles. The molecule has 0 aliphatic rings. The molecule has 2 rings (SSSR count). The number of aromatic nitrogens is 2. The molecule has 0 saturated heterocycles. The van der Waals surface area contributed by atoms with Crippen molar-refractivity contribution in [1.29, 1.82) is 0 Å². The summed E-state index contributed by atoms with van der Waals surface area (Å²) in [4.78, 5) is 24.8. The normalized spacial score (nSPS) is 11.0. The second-order valence-electron chi connectivity index (χ2n) is 6.00. The van der Waals surface area contributed by atoms with Crippen LogP contribution in [0.2, 0.25) is 0 Å². The van der Waals surface area contributed by atoms with Gasteiger partial charge in [0.25, 0.3) is 5.56 Å². The van der Waals surface area contributed by atoms with Crippen LogP contribution in [0.3, 0.4) is 0 Å². The van der Waals surface area contributed by atoms with Gasteiger partial charge in [0.05, 0.1) is 6.61 Å². The van der Waals surface area contributed by atoms with E-state index in [-0.39, 0.29) is 18.1 Å². The number of nitrogens with zero attached hydrogens (tertiary/aromatic N) is 2. The highest BCUT2D eigenvalue weighted by atomic mass is 16.5. The predicted octanol–water partition coefficient (Wildman–Crippen LogP) is 2.67. The minimum absolute atomic E-state index is 0.101. The van der Waals surface area contributed by atoms with Crippen molar-refractivity contribution in [2.24, 2.45) is 0 Å². The van der Waals surface area contributed by atoms with E-state index in [4.69, 9.17) is 4.74 Å². The van der Waals surface area contributed by atoms with Crippen molar-refractivity contribution in [2.45, 2.75) is 26.5 Å². The minimum Gasteiger partial charge on any atom is -0.421 e. The van der Waals surface area contributed by atoms with Gasteiger partial charge in [-0.05, 0) is 17.6 Å². The second kappa shape index (κ2) is 9.54. The summed E-state index contributed by atoms with van der Waals surface area (Å²) in [6.07, 6.45) is 5.89. The van der Waals surface area contributed by atoms with E-state index in [1.165, 1.54) is 4.57 Å². The first kappa shape index (κ1) is 20.2. The molecule has 0 amide bonds. The van der Waals surface area contributed by atoms with Crippen molar-refractivity contribution in [1.82, 2.24) is 9.30 Å². The molecule has 6 heteroatoms. The van der Waals surface area contributed by atoms with E-state index < -0.39 is 11.2 Å². The molecule has 0 aliphatic heterocycles. The van der Waals surface area contributed by atoms with Gasteiger partial charge in [0.2, 0.25) is 0 Å². The van der Waals surface area contributed by atoms with E-state index in [9.17, 15) is 14.8 Å². The molecule has 6 nitrogen and oxygen atoms in total. The zero-order chi connectivity index (χ0) is 19.8. The van der Waals surface area contributed by atoms with Gasteiger partial charge in [-0.3, -0.25) is 9.36 Å². The lowest BCUT2D eigenvalue weighted by atomic mass is 10.0. The standard InChI is InChI=1S/C21H24N2O4/c1-4-6-10-16(3)14-27-15-22-19(13-17-11-8-7-9-12-17)18(5-2)20(24)23(26)21(22)25/h4,6-12,26H,1,3,5,13-15H2,2H3/b10-6-. The van der Waals surface area contributed by atoms with Crippen LogP contribution in [-0.4, -0.2) is 21.1 Å². The molecule has 0 saturated carbocycles. The van der Waals surface area contributed by atoms with Gasteiger partial charge in [0.1, 0.15) is 6.73 Å². The summed E-state index contributed by atoms with van der Waals surface area (Å²) in [6, 6.07) is 9.52. The van der Waals surface area contributed by atoms with Crippen LogP contribution in [0.5, 0.6) is 0 Å². The molecule has 0 radical (unpaired) electrons. The average Bonchev–Trinajstić information content (AvgIpc) is 2.68. The summed E-state index contributed by atoms with van der Waals surface area (Å²) in [5.74, 6) is 0. The zero-order valence-corrected chi connectivity index (χ0v) is 15.4. The largest absolute Gasteiger partial charge is 0.421 e. The third-order valence-electron chi connectivity index (χ3n) is 4.08. The first-order valence-electron chi connectivity index (χ1n) is 8.65. The molecule has 0 spiro atoms. The maximum atomic E-state index is 12.5. The number of ether oxygens (including phenoxy) is 1. The summed E-state index contributed by atoms with van der Waals surface area (Å²) in [5, 5.41) is 9.89. The van der Waals surface area contributed by atoms with Crippen LogP contribution >= 0.6 is 0 Å². The monoisotopic (exact) mass is 368 g/mol. The molecular weight excluding hydrogens is 344 g/mol. The lowest BCUT2D eigenvalue weighted by molar-refractivity contribution is 0.0769. The van der Waals surface area contributed by atoms with Gasteiger partial charge in [0, 0.05) is 17.7 Å². The first-order valence-corrected chi connectivity index (χ1v) is 8.65. The Morgan fingerprint density at radius 2 is 1.96 bits per heavy atom. The van der Waals surface area contributed by atoms with Crippen molar-refractivity contribution >= 4 is 0 Å². The number of allylic oxidation sites excluding steroid dienone is 2. The molecule has 142 valence electrons. The van der Waals surface area contributed by atoms with E-state index >= 15 is 0 Å². The Morgan fingerprint density at radius 1 is 1.26 bits per heavy atom. The fourth-order valence-electron chi connectivity index (χ4n) is 2.73. The molecule has 0 aliphatic carbocycles. The fraction of sp³-hybridized carbons (Fsp3) is 0.238. The Morgan fingerprint density at radius 3 is 2.59 bits per heavy atom. The van der Waals surface area contributed by atoms with E-state index in [0.717, 1.165) is 5.56 Å². The van der Waals surface area contributed by atoms with Gasteiger partial charge in [-0.25, -0.2) is 4.79 Å². The smallest absolute Gasteiger partial charge is 0.366 e. The van der Waals surface area contributed by atoms with Crippen LogP contribution in [0.25, 0.3) is 0 Å². The fourth-order valence-corrected chi connectivity index (χ4v) is 2.73. The predicted molar refractivity (Wildman–Crippen MR) is 105 cm³/mol. The Labute approximate surface area is 157 Å². The van der Waals surface area contributed by atoms with Crippen LogP contribution in [0, 0.1) is 0 Å². The van der Waals surface area contributed by atoms with E-state index in [1.807, 2.05) is 37.3 Å². The Kier molecular flexibility index (Phi) is 7.14. The summed E-state index contributed by atoms with van der Waals surface area (Å²) >= 11 is 0. The lowest BCUT2D eigenvalue weighted by Gasteiger charge is -2.17. The topological polar surface area (TPSA) is 73.5 Å². The minimum atomic E-state index is -0.824. The van der Waals surface area contributed by atoms with Crippen molar-refractivity contribution < 1.29 is 9.94 Å². The van der Waals surface area contributed by atoms with E-state index in [2.05, 4.69) is 13.2 Å². The number of rotatable bonds is 9. The molecular formula is C21H24N2O4. The molecule has 27 heavy (non-hydrogen) atoms. The molecule has 0 fully saturated rings. The number of benzene rings is 1. The molecule has 0 bridgehead atoms. The SMILES string of the molecule is C=C/C=C\C(=C)COCn1c(Cc2ccccc2)c(CC)c(=O)n(O)c1=O. The van der Waals surface area contributed by atoms with Gasteiger partial charge in [-0.15, -0.1) is 0 Å². The Bertz CT molecular complexity index is 953. The third-order valence-corrected chi connectivity index (χ3v) is 4.08. The summed E-state index contributed by atoms with van der Waals surface area (Å²) in [6.45, 7) is 9.35. The molecule has 1 N–H and O–H groups in total. The van der Waals surface area contributed by atoms with Crippen LogP contribution in [0.15, 0.2) is 76.9 Å². The van der Waals surface area contributed by atoms with E-state index in [1.54, 1.807) is 18.2 Å². The van der Waals surface area contributed by atoms with Crippen LogP contribution in [0.1, 0.15) is 23.7 Å². The van der Waals surface area contributed by atoms with Crippen molar-refractivity contribution in [2.75, 3.05) is 6.61 Å². The van der Waals surface area contributed by atoms with Crippen LogP contribution in [-0.2, 0) is 24.3 Å². The summed E-state index contributed by atoms with van der Waals surface area (Å²) in [7, 11) is 0. The highest BCUT2D eigenvalue weighted by Gasteiger charge is 2.18. The van der Waals surface area contributed by atoms with Gasteiger partial charge >= 0.3 is 5.69 Å². The van der Waals surface area contributed by atoms with Crippen molar-refractivity contribution in [3.05, 3.63) is 105 Å². The summed E-state index contributed by atoms with van der Waals surface area (Å²) in [5.41, 5.74) is 1.07. The van der Waals surface area contributed by atoms with Gasteiger partial charge in [0.15, 0.2) is 0 Å². The van der Waals surface area contributed by atoms with Gasteiger partial charge in [-0.1, -0.05) is 73.4 Å². The van der Waals surface area contributed by atoms with E-state index in [0.29, 0.717) is 29.7 Å². The maximum Gasteiger partial charge on any atom is 0.366 e. The Balaban J connectivity index is 2.39. The maximum absolute atomic E-state index is 12.5. The van der Waals surface area contributed by atoms with Crippen LogP contribution in [0.4, 0.5) is 0 Å². The van der Waals surface area contributed by atoms with Gasteiger partial charge in [-0.2, -0.15) is 0 Å². The zero-order valence-electron chi connectivity index (χ0n) is 15.4. The quantitative estimate of drug-likeness (QED) is 0.546. The molecule has 2 aromatic rings. The number of hydrogen-bond donors (Lipinski definition) is 1. The Hall–Kier alpha value is -3.12. The molecule has 0 atom stereocenters. The lowest BCUT2D eigenvalue weighted by Crippen LogP contribution is -2.43. The molecule has 1 heterocycles. The highest BCUT2D eigenvalue weighted by molar-refractivity contribution is 5.27. The van der Waals surface area contributed by atoms with Crippen molar-refractivity contribution in [3.8, 4) is 0 Å². The van der Waals surface area contributed by atoms with Crippen molar-refractivity contribution in [3.63, 3.8) is 0 Å².